The zero-order chi connectivity index (χ0) is 19.8. The van der Waals surface area contributed by atoms with Crippen LogP contribution in [-0.4, -0.2) is 11.1 Å². The summed E-state index contributed by atoms with van der Waals surface area (Å²) in [7, 11) is 0. The molecule has 0 fully saturated rings. The molecule has 3 aromatic carbocycles. The van der Waals surface area contributed by atoms with Gasteiger partial charge in [0.2, 0.25) is 0 Å². The third kappa shape index (κ3) is 5.68. The van der Waals surface area contributed by atoms with Crippen molar-refractivity contribution in [3.05, 3.63) is 95.3 Å². The summed E-state index contributed by atoms with van der Waals surface area (Å²) in [6, 6.07) is 21.7. The summed E-state index contributed by atoms with van der Waals surface area (Å²) in [6.07, 6.45) is 5.28. The molecule has 0 saturated carbocycles. The van der Waals surface area contributed by atoms with Gasteiger partial charge in [-0.25, -0.2) is 9.18 Å². The second kappa shape index (κ2) is 9.70. The van der Waals surface area contributed by atoms with Gasteiger partial charge in [-0.1, -0.05) is 42.8 Å². The molecule has 0 atom stereocenters. The van der Waals surface area contributed by atoms with E-state index in [1.807, 2.05) is 18.2 Å². The lowest BCUT2D eigenvalue weighted by Crippen LogP contribution is -2.04. The van der Waals surface area contributed by atoms with E-state index in [0.717, 1.165) is 37.7 Å². The number of unbranched alkanes of at least 4 members (excludes halogenated alkanes) is 2. The monoisotopic (exact) mass is 377 g/mol. The molecule has 0 aliphatic rings. The highest BCUT2D eigenvalue weighted by molar-refractivity contribution is 5.95. The summed E-state index contributed by atoms with van der Waals surface area (Å²) in [5.41, 5.74) is 3.84. The quantitative estimate of drug-likeness (QED) is 0.435. The van der Waals surface area contributed by atoms with Crippen LogP contribution in [0.1, 0.15) is 40.7 Å². The lowest BCUT2D eigenvalue weighted by Gasteiger charge is -2.12. The second-order valence-corrected chi connectivity index (χ2v) is 6.86. The zero-order valence-electron chi connectivity index (χ0n) is 15.7. The fraction of sp³-hybridized carbons (Fsp3) is 0.208. The van der Waals surface area contributed by atoms with Crippen LogP contribution in [0.25, 0.3) is 0 Å². The molecule has 2 N–H and O–H groups in total. The summed E-state index contributed by atoms with van der Waals surface area (Å²) in [5.74, 6) is -1.31. The van der Waals surface area contributed by atoms with E-state index in [1.54, 1.807) is 18.2 Å². The van der Waals surface area contributed by atoms with Crippen molar-refractivity contribution >= 4 is 17.3 Å². The van der Waals surface area contributed by atoms with Crippen molar-refractivity contribution < 1.29 is 14.3 Å². The van der Waals surface area contributed by atoms with Crippen LogP contribution in [0.3, 0.4) is 0 Å². The number of anilines is 2. The third-order valence-electron chi connectivity index (χ3n) is 4.71. The molecule has 0 bridgehead atoms. The van der Waals surface area contributed by atoms with Gasteiger partial charge in [-0.05, 0) is 73.2 Å². The predicted molar refractivity (Wildman–Crippen MR) is 111 cm³/mol. The van der Waals surface area contributed by atoms with E-state index < -0.39 is 5.97 Å². The van der Waals surface area contributed by atoms with Crippen molar-refractivity contribution in [1.29, 1.82) is 0 Å². The van der Waals surface area contributed by atoms with Gasteiger partial charge in [0, 0.05) is 5.69 Å². The van der Waals surface area contributed by atoms with Gasteiger partial charge in [-0.3, -0.25) is 0 Å². The SMILES string of the molecule is O=C(O)c1ccc(CCCCCc2ccccc2)cc1Nc1ccc(F)cc1. The number of benzene rings is 3. The van der Waals surface area contributed by atoms with Gasteiger partial charge in [0.1, 0.15) is 5.82 Å². The Labute approximate surface area is 164 Å². The van der Waals surface area contributed by atoms with Crippen LogP contribution in [0.5, 0.6) is 0 Å². The van der Waals surface area contributed by atoms with Crippen LogP contribution in [0.15, 0.2) is 72.8 Å². The highest BCUT2D eigenvalue weighted by Crippen LogP contribution is 2.24. The molecular formula is C24H24FNO2. The maximum Gasteiger partial charge on any atom is 0.337 e. The minimum Gasteiger partial charge on any atom is -0.478 e. The Kier molecular flexibility index (Phi) is 6.79. The van der Waals surface area contributed by atoms with Crippen molar-refractivity contribution in [2.45, 2.75) is 32.1 Å². The molecule has 4 heteroatoms. The van der Waals surface area contributed by atoms with Crippen LogP contribution in [0, 0.1) is 5.82 Å². The van der Waals surface area contributed by atoms with E-state index in [9.17, 15) is 14.3 Å². The van der Waals surface area contributed by atoms with Gasteiger partial charge in [-0.15, -0.1) is 0 Å². The fourth-order valence-corrected chi connectivity index (χ4v) is 3.21. The number of aryl methyl sites for hydroxylation is 2. The summed E-state index contributed by atoms with van der Waals surface area (Å²) >= 11 is 0. The lowest BCUT2D eigenvalue weighted by atomic mass is 10.0. The summed E-state index contributed by atoms with van der Waals surface area (Å²) in [5, 5.41) is 12.5. The second-order valence-electron chi connectivity index (χ2n) is 6.86. The molecule has 0 saturated heterocycles. The Morgan fingerprint density at radius 3 is 2.18 bits per heavy atom. The Bertz CT molecular complexity index is 908. The van der Waals surface area contributed by atoms with E-state index in [-0.39, 0.29) is 11.4 Å². The number of halogens is 1. The number of nitrogens with one attached hydrogen (secondary N) is 1. The third-order valence-corrected chi connectivity index (χ3v) is 4.71. The Hall–Kier alpha value is -3.14. The van der Waals surface area contributed by atoms with E-state index in [0.29, 0.717) is 11.4 Å². The number of hydrogen-bond donors (Lipinski definition) is 2. The van der Waals surface area contributed by atoms with Gasteiger partial charge >= 0.3 is 5.97 Å². The van der Waals surface area contributed by atoms with Crippen molar-refractivity contribution in [2.75, 3.05) is 5.32 Å². The van der Waals surface area contributed by atoms with Crippen LogP contribution in [0.2, 0.25) is 0 Å². The van der Waals surface area contributed by atoms with E-state index in [2.05, 4.69) is 29.6 Å². The minimum atomic E-state index is -0.987. The molecule has 0 radical (unpaired) electrons. The number of carbonyl (C=O) groups is 1. The maximum atomic E-state index is 13.1. The number of rotatable bonds is 9. The van der Waals surface area contributed by atoms with Gasteiger partial charge in [0.25, 0.3) is 0 Å². The van der Waals surface area contributed by atoms with Crippen molar-refractivity contribution in [2.24, 2.45) is 0 Å². The van der Waals surface area contributed by atoms with Crippen LogP contribution in [0.4, 0.5) is 15.8 Å². The standard InChI is InChI=1S/C24H24FNO2/c25-20-12-14-21(15-13-20)26-23-17-19(11-16-22(23)24(27)28)10-6-2-5-9-18-7-3-1-4-8-18/h1,3-4,7-8,11-17,26H,2,5-6,9-10H2,(H,27,28). The van der Waals surface area contributed by atoms with E-state index in [4.69, 9.17) is 0 Å². The lowest BCUT2D eigenvalue weighted by molar-refractivity contribution is 0.0698. The molecular weight excluding hydrogens is 353 g/mol. The molecule has 0 heterocycles. The summed E-state index contributed by atoms with van der Waals surface area (Å²) in [6.45, 7) is 0. The first-order valence-corrected chi connectivity index (χ1v) is 9.54. The number of aromatic carboxylic acids is 1. The van der Waals surface area contributed by atoms with Crippen molar-refractivity contribution in [1.82, 2.24) is 0 Å². The molecule has 144 valence electrons. The molecule has 0 aliphatic carbocycles. The zero-order valence-corrected chi connectivity index (χ0v) is 15.7. The van der Waals surface area contributed by atoms with E-state index in [1.165, 1.54) is 17.7 Å². The average Bonchev–Trinajstić information content (AvgIpc) is 2.70. The summed E-state index contributed by atoms with van der Waals surface area (Å²) < 4.78 is 13.1. The number of carboxylic acids is 1. The fourth-order valence-electron chi connectivity index (χ4n) is 3.21. The van der Waals surface area contributed by atoms with Crippen molar-refractivity contribution in [3.63, 3.8) is 0 Å². The van der Waals surface area contributed by atoms with Gasteiger partial charge in [0.15, 0.2) is 0 Å². The molecule has 0 unspecified atom stereocenters. The average molecular weight is 377 g/mol. The first-order valence-electron chi connectivity index (χ1n) is 9.54. The topological polar surface area (TPSA) is 49.3 Å². The van der Waals surface area contributed by atoms with Gasteiger partial charge in [-0.2, -0.15) is 0 Å². The molecule has 0 spiro atoms. The smallest absolute Gasteiger partial charge is 0.337 e. The Balaban J connectivity index is 1.58. The molecule has 0 amide bonds. The largest absolute Gasteiger partial charge is 0.478 e. The van der Waals surface area contributed by atoms with Crippen molar-refractivity contribution in [3.8, 4) is 0 Å². The molecule has 3 nitrogen and oxygen atoms in total. The number of hydrogen-bond acceptors (Lipinski definition) is 2. The Morgan fingerprint density at radius 2 is 1.50 bits per heavy atom. The Morgan fingerprint density at radius 1 is 0.821 bits per heavy atom. The van der Waals surface area contributed by atoms with E-state index >= 15 is 0 Å². The maximum absolute atomic E-state index is 13.1. The first-order chi connectivity index (χ1) is 13.6. The molecule has 28 heavy (non-hydrogen) atoms. The van der Waals surface area contributed by atoms with Crippen LogP contribution < -0.4 is 5.32 Å². The predicted octanol–water partition coefficient (Wildman–Crippen LogP) is 6.22. The van der Waals surface area contributed by atoms with Gasteiger partial charge < -0.3 is 10.4 Å². The highest BCUT2D eigenvalue weighted by atomic mass is 19.1. The normalized spacial score (nSPS) is 10.6. The van der Waals surface area contributed by atoms with Crippen LogP contribution >= 0.6 is 0 Å². The molecule has 0 aromatic heterocycles. The van der Waals surface area contributed by atoms with Gasteiger partial charge in [0.05, 0.1) is 11.3 Å². The van der Waals surface area contributed by atoms with Crippen LogP contribution in [-0.2, 0) is 12.8 Å². The first kappa shape index (κ1) is 19.6. The highest BCUT2D eigenvalue weighted by Gasteiger charge is 2.11. The molecule has 3 aromatic rings. The minimum absolute atomic E-state index is 0.206. The molecule has 3 rings (SSSR count). The number of carboxylic acid groups (broad SMARTS) is 1. The summed E-state index contributed by atoms with van der Waals surface area (Å²) in [4.78, 5) is 11.5. The molecule has 0 aliphatic heterocycles.